The topological polar surface area (TPSA) is 92.3 Å². The van der Waals surface area contributed by atoms with Crippen molar-refractivity contribution in [3.63, 3.8) is 0 Å². The minimum absolute atomic E-state index is 0.0648. The number of hydrogen-bond donors (Lipinski definition) is 3. The number of hydrogen-bond acceptors (Lipinski definition) is 5. The molecule has 0 saturated heterocycles. The highest BCUT2D eigenvalue weighted by molar-refractivity contribution is 6.32. The third kappa shape index (κ3) is 6.40. The van der Waals surface area contributed by atoms with Gasteiger partial charge >= 0.3 is 0 Å². The minimum atomic E-state index is -0.578. The lowest BCUT2D eigenvalue weighted by Crippen LogP contribution is -2.38. The van der Waals surface area contributed by atoms with Crippen molar-refractivity contribution in [3.8, 4) is 11.5 Å². The fourth-order valence-electron chi connectivity index (χ4n) is 2.81. The number of benzene rings is 1. The van der Waals surface area contributed by atoms with Gasteiger partial charge in [0.1, 0.15) is 11.6 Å². The lowest BCUT2D eigenvalue weighted by molar-refractivity contribution is -0.114. The molecule has 0 saturated carbocycles. The summed E-state index contributed by atoms with van der Waals surface area (Å²) in [6.45, 7) is 5.60. The maximum Gasteiger partial charge on any atom is 0.222 e. The molecule has 3 N–H and O–H groups in total. The molecule has 1 unspecified atom stereocenters. The molecule has 2 aromatic rings. The van der Waals surface area contributed by atoms with E-state index in [-0.39, 0.29) is 40.3 Å². The first-order valence-corrected chi connectivity index (χ1v) is 9.56. The van der Waals surface area contributed by atoms with Crippen molar-refractivity contribution < 1.29 is 18.7 Å². The molecule has 2 atom stereocenters. The zero-order valence-electron chi connectivity index (χ0n) is 16.5. The van der Waals surface area contributed by atoms with Crippen LogP contribution in [0.5, 0.6) is 11.5 Å². The van der Waals surface area contributed by atoms with Gasteiger partial charge in [0.2, 0.25) is 12.3 Å². The summed E-state index contributed by atoms with van der Waals surface area (Å²) in [6, 6.07) is 5.84. The number of carbonyl (C=O) groups excluding carboxylic acids is 2. The quantitative estimate of drug-likeness (QED) is 0.506. The fourth-order valence-corrected chi connectivity index (χ4v) is 2.99. The van der Waals surface area contributed by atoms with Crippen molar-refractivity contribution in [2.75, 3.05) is 11.9 Å². The average Bonchev–Trinajstić information content (AvgIpc) is 2.68. The van der Waals surface area contributed by atoms with Crippen LogP contribution in [0.15, 0.2) is 30.5 Å². The van der Waals surface area contributed by atoms with Gasteiger partial charge in [0, 0.05) is 43.4 Å². The number of nitrogens with zero attached hydrogens (tertiary/aromatic N) is 1. The minimum Gasteiger partial charge on any atom is -0.452 e. The Morgan fingerprint density at radius 1 is 1.38 bits per heavy atom. The fraction of sp³-hybridized carbons (Fsp3) is 0.350. The molecule has 0 aliphatic rings. The molecule has 1 aromatic carbocycles. The van der Waals surface area contributed by atoms with Gasteiger partial charge in [0.05, 0.1) is 5.02 Å². The molecule has 9 heteroatoms. The Bertz CT molecular complexity index is 866. The Hall–Kier alpha value is -2.71. The third-order valence-electron chi connectivity index (χ3n) is 4.11. The van der Waals surface area contributed by atoms with Crippen LogP contribution in [0.2, 0.25) is 5.02 Å². The zero-order valence-corrected chi connectivity index (χ0v) is 17.2. The summed E-state index contributed by atoms with van der Waals surface area (Å²) in [4.78, 5) is 25.7. The summed E-state index contributed by atoms with van der Waals surface area (Å²) in [5, 5.41) is 8.54. The van der Waals surface area contributed by atoms with E-state index in [2.05, 4.69) is 20.9 Å². The van der Waals surface area contributed by atoms with Crippen molar-refractivity contribution in [2.45, 2.75) is 39.3 Å². The van der Waals surface area contributed by atoms with Crippen LogP contribution in [0.3, 0.4) is 0 Å². The highest BCUT2D eigenvalue weighted by Crippen LogP contribution is 2.36. The zero-order chi connectivity index (χ0) is 21.4. The highest BCUT2D eigenvalue weighted by atomic mass is 35.5. The number of pyridine rings is 1. The molecule has 2 amide bonds. The van der Waals surface area contributed by atoms with Gasteiger partial charge in [-0.2, -0.15) is 0 Å². The Balaban J connectivity index is 2.28. The highest BCUT2D eigenvalue weighted by Gasteiger charge is 2.22. The molecule has 0 fully saturated rings. The van der Waals surface area contributed by atoms with E-state index in [1.54, 1.807) is 12.1 Å². The van der Waals surface area contributed by atoms with Crippen molar-refractivity contribution in [1.29, 1.82) is 0 Å². The van der Waals surface area contributed by atoms with E-state index in [1.807, 2.05) is 13.8 Å². The van der Waals surface area contributed by atoms with E-state index in [0.717, 1.165) is 0 Å². The van der Waals surface area contributed by atoms with Gasteiger partial charge in [0.15, 0.2) is 11.6 Å². The summed E-state index contributed by atoms with van der Waals surface area (Å²) in [5.41, 5.74) is 0.404. The first-order chi connectivity index (χ1) is 13.8. The van der Waals surface area contributed by atoms with Crippen LogP contribution in [0, 0.1) is 5.82 Å². The van der Waals surface area contributed by atoms with Gasteiger partial charge in [-0.25, -0.2) is 9.37 Å². The number of halogens is 2. The van der Waals surface area contributed by atoms with Gasteiger partial charge in [0.25, 0.3) is 0 Å². The number of nitrogens with one attached hydrogen (secondary N) is 3. The smallest absolute Gasteiger partial charge is 0.222 e. The van der Waals surface area contributed by atoms with E-state index in [0.29, 0.717) is 24.9 Å². The van der Waals surface area contributed by atoms with Crippen LogP contribution in [0.25, 0.3) is 0 Å². The number of amides is 2. The summed E-state index contributed by atoms with van der Waals surface area (Å²) >= 11 is 6.18. The molecule has 7 nitrogen and oxygen atoms in total. The first kappa shape index (κ1) is 22.6. The van der Waals surface area contributed by atoms with Crippen LogP contribution in [-0.4, -0.2) is 29.9 Å². The normalized spacial score (nSPS) is 12.7. The lowest BCUT2D eigenvalue weighted by Gasteiger charge is -2.24. The lowest BCUT2D eigenvalue weighted by atomic mass is 10.0. The second-order valence-electron chi connectivity index (χ2n) is 6.49. The number of aromatic nitrogens is 1. The van der Waals surface area contributed by atoms with E-state index in [1.165, 1.54) is 25.3 Å². The van der Waals surface area contributed by atoms with Crippen molar-refractivity contribution in [2.24, 2.45) is 0 Å². The molecule has 2 rings (SSSR count). The second-order valence-corrected chi connectivity index (χ2v) is 6.90. The monoisotopic (exact) mass is 422 g/mol. The number of carbonyl (C=O) groups is 2. The molecular formula is C20H24ClFN4O3. The molecule has 0 bridgehead atoms. The molecule has 0 aliphatic carbocycles. The maximum atomic E-state index is 15.3. The van der Waals surface area contributed by atoms with Gasteiger partial charge in [-0.05, 0) is 25.5 Å². The Labute approximate surface area is 174 Å². The van der Waals surface area contributed by atoms with E-state index in [9.17, 15) is 9.59 Å². The number of rotatable bonds is 10. The van der Waals surface area contributed by atoms with Crippen molar-refractivity contribution >= 4 is 29.7 Å². The molecule has 156 valence electrons. The first-order valence-electron chi connectivity index (χ1n) is 9.18. The van der Waals surface area contributed by atoms with Crippen molar-refractivity contribution in [1.82, 2.24) is 15.6 Å². The van der Waals surface area contributed by atoms with Crippen molar-refractivity contribution in [3.05, 3.63) is 46.9 Å². The van der Waals surface area contributed by atoms with Gasteiger partial charge in [-0.3, -0.25) is 9.59 Å². The standard InChI is InChI=1S/C20H24ClFN4O3/c1-4-17(25-12(2)10-23-11-27)15-5-6-16(21)20(19(15)22)29-14-7-8-24-18(9-14)26-13(3)28/h5-9,11-12,17,25H,4,10H2,1-3H3,(H,23,27)(H,24,26,28)/t12?,17-/m1/s1. The van der Waals surface area contributed by atoms with Gasteiger partial charge in [-0.1, -0.05) is 24.6 Å². The molecular weight excluding hydrogens is 399 g/mol. The van der Waals surface area contributed by atoms with Gasteiger partial charge < -0.3 is 20.7 Å². The summed E-state index contributed by atoms with van der Waals surface area (Å²) < 4.78 is 20.9. The summed E-state index contributed by atoms with van der Waals surface area (Å²) in [6.07, 6.45) is 2.68. The predicted molar refractivity (Wildman–Crippen MR) is 110 cm³/mol. The molecule has 1 heterocycles. The number of ether oxygens (including phenoxy) is 1. The summed E-state index contributed by atoms with van der Waals surface area (Å²) in [7, 11) is 0. The third-order valence-corrected chi connectivity index (χ3v) is 4.41. The molecule has 29 heavy (non-hydrogen) atoms. The molecule has 0 spiro atoms. The number of anilines is 1. The average molecular weight is 423 g/mol. The van der Waals surface area contributed by atoms with Crippen LogP contribution in [0.1, 0.15) is 38.8 Å². The Kier molecular flexibility index (Phi) is 8.35. The largest absolute Gasteiger partial charge is 0.452 e. The second kappa shape index (κ2) is 10.7. The molecule has 0 aliphatic heterocycles. The Morgan fingerprint density at radius 2 is 2.14 bits per heavy atom. The van der Waals surface area contributed by atoms with E-state index in [4.69, 9.17) is 16.3 Å². The Morgan fingerprint density at radius 3 is 2.79 bits per heavy atom. The van der Waals surface area contributed by atoms with Gasteiger partial charge in [-0.15, -0.1) is 0 Å². The van der Waals surface area contributed by atoms with Crippen LogP contribution in [0.4, 0.5) is 10.2 Å². The van der Waals surface area contributed by atoms with Crippen LogP contribution >= 0.6 is 11.6 Å². The van der Waals surface area contributed by atoms with Crippen LogP contribution in [-0.2, 0) is 9.59 Å². The maximum absolute atomic E-state index is 15.3. The molecule has 1 aromatic heterocycles. The van der Waals surface area contributed by atoms with E-state index < -0.39 is 5.82 Å². The van der Waals surface area contributed by atoms with E-state index >= 15 is 4.39 Å². The summed E-state index contributed by atoms with van der Waals surface area (Å²) in [5.74, 6) is -0.400. The van der Waals surface area contributed by atoms with Crippen LogP contribution < -0.4 is 20.7 Å². The molecule has 0 radical (unpaired) electrons. The SMILES string of the molecule is CC[C@@H](NC(C)CNC=O)c1ccc(Cl)c(Oc2ccnc(NC(C)=O)c2)c1F. The predicted octanol–water partition coefficient (Wildman–Crippen LogP) is 3.80.